The van der Waals surface area contributed by atoms with Gasteiger partial charge in [-0.1, -0.05) is 13.3 Å². The summed E-state index contributed by atoms with van der Waals surface area (Å²) in [7, 11) is 0. The summed E-state index contributed by atoms with van der Waals surface area (Å²) in [6, 6.07) is 10.7. The quantitative estimate of drug-likeness (QED) is 0.0370. The summed E-state index contributed by atoms with van der Waals surface area (Å²) in [4.78, 5) is 23.9. The van der Waals surface area contributed by atoms with Gasteiger partial charge in [-0.2, -0.15) is 0 Å². The molecule has 0 saturated heterocycles. The van der Waals surface area contributed by atoms with Gasteiger partial charge in [0, 0.05) is 6.54 Å². The minimum Gasteiger partial charge on any atom is 1.00 e. The van der Waals surface area contributed by atoms with Crippen molar-refractivity contribution in [2.24, 2.45) is 5.73 Å². The number of carboxylic acid groups (broad SMARTS) is 1. The molecule has 0 atom stereocenters. The van der Waals surface area contributed by atoms with Crippen molar-refractivity contribution in [1.82, 2.24) is 10.6 Å². The first-order chi connectivity index (χ1) is 19.0. The number of hydrogen-bond donors (Lipinski definition) is 6. The van der Waals surface area contributed by atoms with E-state index in [9.17, 15) is 22.8 Å². The number of carboxylic acids is 1. The van der Waals surface area contributed by atoms with Crippen molar-refractivity contribution in [2.45, 2.75) is 19.8 Å². The Morgan fingerprint density at radius 1 is 1.12 bits per heavy atom. The summed E-state index contributed by atoms with van der Waals surface area (Å²) in [5.41, 5.74) is 6.13. The van der Waals surface area contributed by atoms with Gasteiger partial charge in [0.25, 0.3) is 0 Å². The molecule has 43 heavy (non-hydrogen) atoms. The molecule has 7 N–H and O–H groups in total. The molecule has 2 aromatic rings. The van der Waals surface area contributed by atoms with Crippen LogP contribution in [0, 0.1) is 10.8 Å². The Labute approximate surface area is 327 Å². The SMILES string of the molecule is CCCCNC(=N)NC(=N)N.Cl.O=C([O-])c1ccccc1-c1c2cc(Br)c(=O)cc-2oc2[c]([Hg][OH])c([O-])c(Br)cc12.[Na+].[Na+]. The molecule has 1 heterocycles. The molecule has 0 unspecified atom stereocenters. The van der Waals surface area contributed by atoms with Crippen molar-refractivity contribution < 1.29 is 107 Å². The van der Waals surface area contributed by atoms with Gasteiger partial charge in [-0.05, 0) is 6.42 Å². The third-order valence-electron chi connectivity index (χ3n) is 5.73. The average Bonchev–Trinajstić information content (AvgIpc) is 2.90. The third-order valence-corrected chi connectivity index (χ3v) is 10.7. The van der Waals surface area contributed by atoms with Crippen molar-refractivity contribution in [2.75, 3.05) is 6.54 Å². The number of aromatic carboxylic acids is 1. The van der Waals surface area contributed by atoms with E-state index in [0.717, 1.165) is 19.4 Å². The predicted octanol–water partition coefficient (Wildman–Crippen LogP) is -3.63. The molecule has 1 aliphatic heterocycles. The molecule has 2 aliphatic rings. The fourth-order valence-corrected chi connectivity index (χ4v) is 8.62. The normalized spacial score (nSPS) is 9.67. The Hall–Kier alpha value is -0.715. The molecule has 17 heteroatoms. The van der Waals surface area contributed by atoms with Crippen molar-refractivity contribution in [3.8, 4) is 28.2 Å². The molecule has 0 radical (unpaired) electrons. The zero-order chi connectivity index (χ0) is 29.6. The Bertz CT molecular complexity index is 1650. The van der Waals surface area contributed by atoms with Crippen molar-refractivity contribution in [1.29, 1.82) is 10.8 Å². The average molecular weight is 944 g/mol. The second-order valence-corrected chi connectivity index (χ2v) is 14.2. The van der Waals surface area contributed by atoms with Crippen LogP contribution in [-0.4, -0.2) is 27.4 Å². The van der Waals surface area contributed by atoms with Gasteiger partial charge in [0.05, 0.1) is 0 Å². The van der Waals surface area contributed by atoms with Crippen LogP contribution in [0.2, 0.25) is 0 Å². The number of fused-ring (bicyclic) bond motifs is 2. The summed E-state index contributed by atoms with van der Waals surface area (Å²) < 4.78 is 16.6. The van der Waals surface area contributed by atoms with E-state index in [0.29, 0.717) is 22.1 Å². The van der Waals surface area contributed by atoms with Crippen molar-refractivity contribution in [3.63, 3.8) is 0 Å². The minimum atomic E-state index is -2.75. The van der Waals surface area contributed by atoms with Crippen LogP contribution < -0.4 is 94.2 Å². The van der Waals surface area contributed by atoms with Gasteiger partial charge in [0.15, 0.2) is 11.9 Å². The van der Waals surface area contributed by atoms with Crippen LogP contribution in [0.4, 0.5) is 0 Å². The van der Waals surface area contributed by atoms with Crippen LogP contribution in [0.3, 0.4) is 0 Å². The van der Waals surface area contributed by atoms with E-state index in [2.05, 4.69) is 49.4 Å². The minimum absolute atomic E-state index is 0. The summed E-state index contributed by atoms with van der Waals surface area (Å²) in [6.45, 7) is 2.82. The van der Waals surface area contributed by atoms with Crippen molar-refractivity contribution >= 4 is 76.2 Å². The number of carbonyl (C=O) groups excluding carboxylic acids is 1. The summed E-state index contributed by atoms with van der Waals surface area (Å²) in [5, 5.41) is 43.8. The molecular formula is C26H24Br2ClHgN5Na2O6. The van der Waals surface area contributed by atoms with E-state index >= 15 is 0 Å². The molecule has 0 bridgehead atoms. The number of nitrogens with one attached hydrogen (secondary N) is 4. The smallest absolute Gasteiger partial charge is 1.00 e. The number of benzene rings is 3. The van der Waals surface area contributed by atoms with E-state index in [4.69, 9.17) is 21.0 Å². The monoisotopic (exact) mass is 943 g/mol. The summed E-state index contributed by atoms with van der Waals surface area (Å²) in [6.07, 6.45) is 2.10. The zero-order valence-corrected chi connectivity index (χ0v) is 37.1. The number of hydrogen-bond acceptors (Lipinski definition) is 8. The molecule has 1 aliphatic carbocycles. The molecule has 0 spiro atoms. The van der Waals surface area contributed by atoms with Gasteiger partial charge in [-0.25, -0.2) is 0 Å². The molecule has 0 aromatic heterocycles. The first-order valence-corrected chi connectivity index (χ1v) is 18.7. The number of halogens is 3. The molecule has 4 rings (SSSR count). The van der Waals surface area contributed by atoms with Crippen LogP contribution >= 0.6 is 44.3 Å². The van der Waals surface area contributed by atoms with E-state index in [-0.39, 0.29) is 124 Å². The molecule has 2 aromatic carbocycles. The van der Waals surface area contributed by atoms with Crippen molar-refractivity contribution in [3.05, 3.63) is 67.2 Å². The van der Waals surface area contributed by atoms with E-state index in [1.165, 1.54) is 12.1 Å². The largest absolute Gasteiger partial charge is 1.00 e. The molecule has 0 saturated carbocycles. The number of carbonyl (C=O) groups is 1. The Morgan fingerprint density at radius 2 is 1.77 bits per heavy atom. The standard InChI is InChI=1S/C20H9Br2O5.C6H15N5.ClH.Hg.2Na.H2O/c21-13-5-11-17(7-15(13)23)27-18-8-16(24)14(22)6-12(18)19(11)9-3-1-2-4-10(9)20(25)26;1-2-3-4-10-6(9)11-5(7)8;;;;;/h1-7,24H,(H,25,26);2-4H2,1H3,(H6,7,8,9,10,11);1H;;;;1H2/q;;;3*+1;/p-3. The van der Waals surface area contributed by atoms with E-state index < -0.39 is 31.0 Å². The maximum absolute atomic E-state index is 12.5. The first-order valence-electron chi connectivity index (χ1n) is 11.9. The topological polar surface area (TPSA) is 211 Å². The van der Waals surface area contributed by atoms with E-state index in [1.807, 2.05) is 0 Å². The fraction of sp³-hybridized carbons (Fsp3) is 0.154. The summed E-state index contributed by atoms with van der Waals surface area (Å²) in [5.74, 6) is -1.64. The first kappa shape index (κ1) is 42.3. The number of nitrogens with two attached hydrogens (primary N) is 1. The van der Waals surface area contributed by atoms with Gasteiger partial charge in [-0.3, -0.25) is 16.1 Å². The third kappa shape index (κ3) is 10.7. The Morgan fingerprint density at radius 3 is 2.35 bits per heavy atom. The van der Waals surface area contributed by atoms with Crippen LogP contribution in [0.15, 0.2) is 60.6 Å². The van der Waals surface area contributed by atoms with Crippen LogP contribution in [-0.2, 0) is 25.0 Å². The maximum atomic E-state index is 12.5. The molecular weight excluding hydrogens is 920 g/mol. The second-order valence-electron chi connectivity index (χ2n) is 8.48. The van der Waals surface area contributed by atoms with Gasteiger partial charge < -0.3 is 11.1 Å². The maximum Gasteiger partial charge on any atom is 1.00 e. The van der Waals surface area contributed by atoms with Crippen LogP contribution in [0.1, 0.15) is 30.1 Å². The molecule has 214 valence electrons. The van der Waals surface area contributed by atoms with Gasteiger partial charge >= 0.3 is 254 Å². The number of unbranched alkanes of at least 4 members (excludes halogenated alkanes) is 1. The van der Waals surface area contributed by atoms with Gasteiger partial charge in [0.2, 0.25) is 0 Å². The molecule has 11 nitrogen and oxygen atoms in total. The Kier molecular flexibility index (Phi) is 19.4. The van der Waals surface area contributed by atoms with Gasteiger partial charge in [-0.15, -0.1) is 12.4 Å². The van der Waals surface area contributed by atoms with Gasteiger partial charge in [0.1, 0.15) is 0 Å². The zero-order valence-electron chi connectivity index (χ0n) is 23.6. The second kappa shape index (κ2) is 19.7. The predicted molar refractivity (Wildman–Crippen MR) is 159 cm³/mol. The number of guanidine groups is 2. The van der Waals surface area contributed by atoms with Crippen LogP contribution in [0.25, 0.3) is 33.4 Å². The molecule has 0 fully saturated rings. The fourth-order valence-electron chi connectivity index (χ4n) is 3.92. The Balaban J connectivity index is 0.00000109. The summed E-state index contributed by atoms with van der Waals surface area (Å²) >= 11 is 3.71. The number of rotatable bonds is 6. The molecule has 0 amide bonds. The van der Waals surface area contributed by atoms with Crippen LogP contribution in [0.5, 0.6) is 5.75 Å². The van der Waals surface area contributed by atoms with E-state index in [1.54, 1.807) is 30.3 Å².